The summed E-state index contributed by atoms with van der Waals surface area (Å²) in [5, 5.41) is 0.420. The molecule has 0 N–H and O–H groups in total. The van der Waals surface area contributed by atoms with Crippen LogP contribution < -0.4 is 4.74 Å². The van der Waals surface area contributed by atoms with Gasteiger partial charge in [0.1, 0.15) is 12.4 Å². The van der Waals surface area contributed by atoms with Crippen molar-refractivity contribution in [3.63, 3.8) is 0 Å². The molecule has 1 saturated heterocycles. The maximum absolute atomic E-state index is 13.4. The SMILES string of the molecule is CC(C)OC(=O)n1c(S(=O)(=O)c2ccccc2)cc2c(OCCN3CCCC3)cccc21. The van der Waals surface area contributed by atoms with E-state index in [0.717, 1.165) is 24.2 Å². The minimum atomic E-state index is -3.96. The summed E-state index contributed by atoms with van der Waals surface area (Å²) in [5.74, 6) is 0.544. The molecule has 3 aromatic rings. The Bertz CT molecular complexity index is 1200. The molecule has 1 fully saturated rings. The lowest BCUT2D eigenvalue weighted by Gasteiger charge is -2.15. The third-order valence-electron chi connectivity index (χ3n) is 5.48. The number of carbonyl (C=O) groups excluding carboxylic acids is 1. The third-order valence-corrected chi connectivity index (χ3v) is 7.23. The van der Waals surface area contributed by atoms with Crippen LogP contribution in [0.3, 0.4) is 0 Å². The zero-order chi connectivity index (χ0) is 22.7. The lowest BCUT2D eigenvalue weighted by molar-refractivity contribution is 0.116. The van der Waals surface area contributed by atoms with Crippen LogP contribution in [-0.2, 0) is 14.6 Å². The van der Waals surface area contributed by atoms with Crippen LogP contribution in [0.4, 0.5) is 4.79 Å². The van der Waals surface area contributed by atoms with Crippen LogP contribution in [0, 0.1) is 0 Å². The van der Waals surface area contributed by atoms with Gasteiger partial charge in [-0.15, -0.1) is 0 Å². The Labute approximate surface area is 188 Å². The highest BCUT2D eigenvalue weighted by molar-refractivity contribution is 7.91. The van der Waals surface area contributed by atoms with E-state index in [0.29, 0.717) is 23.3 Å². The fourth-order valence-corrected chi connectivity index (χ4v) is 5.40. The summed E-state index contributed by atoms with van der Waals surface area (Å²) in [6, 6.07) is 14.8. The van der Waals surface area contributed by atoms with Crippen molar-refractivity contribution in [2.45, 2.75) is 42.7 Å². The molecule has 0 aliphatic carbocycles. The Kier molecular flexibility index (Phi) is 6.53. The fourth-order valence-electron chi connectivity index (χ4n) is 3.96. The number of rotatable bonds is 7. The Morgan fingerprint density at radius 3 is 2.44 bits per heavy atom. The molecule has 1 aliphatic heterocycles. The maximum atomic E-state index is 13.4. The summed E-state index contributed by atoms with van der Waals surface area (Å²) in [6.45, 7) is 6.89. The quantitative estimate of drug-likeness (QED) is 0.526. The summed E-state index contributed by atoms with van der Waals surface area (Å²) in [4.78, 5) is 15.4. The predicted octanol–water partition coefficient (Wildman–Crippen LogP) is 4.34. The van der Waals surface area contributed by atoms with Crippen LogP contribution in [0.1, 0.15) is 26.7 Å². The van der Waals surface area contributed by atoms with Crippen molar-refractivity contribution in [3.05, 3.63) is 54.6 Å². The fraction of sp³-hybridized carbons (Fsp3) is 0.375. The molecular weight excluding hydrogens is 428 g/mol. The van der Waals surface area contributed by atoms with Crippen LogP contribution in [0.2, 0.25) is 0 Å². The summed E-state index contributed by atoms with van der Waals surface area (Å²) >= 11 is 0. The predicted molar refractivity (Wildman–Crippen MR) is 122 cm³/mol. The number of likely N-dealkylation sites (tertiary alicyclic amines) is 1. The number of aromatic nitrogens is 1. The van der Waals surface area contributed by atoms with Gasteiger partial charge >= 0.3 is 6.09 Å². The molecule has 32 heavy (non-hydrogen) atoms. The Balaban J connectivity index is 1.76. The van der Waals surface area contributed by atoms with Gasteiger partial charge in [-0.2, -0.15) is 0 Å². The molecule has 4 rings (SSSR count). The van der Waals surface area contributed by atoms with Gasteiger partial charge < -0.3 is 9.47 Å². The first-order valence-electron chi connectivity index (χ1n) is 10.9. The van der Waals surface area contributed by atoms with E-state index in [-0.39, 0.29) is 9.92 Å². The summed E-state index contributed by atoms with van der Waals surface area (Å²) in [5.41, 5.74) is 0.434. The number of sulfone groups is 1. The Hall–Kier alpha value is -2.84. The number of hydrogen-bond donors (Lipinski definition) is 0. The molecular formula is C24H28N2O5S. The van der Waals surface area contributed by atoms with E-state index in [1.807, 2.05) is 0 Å². The van der Waals surface area contributed by atoms with Crippen molar-refractivity contribution in [2.75, 3.05) is 26.2 Å². The van der Waals surface area contributed by atoms with Crippen molar-refractivity contribution in [3.8, 4) is 5.75 Å². The molecule has 0 spiro atoms. The molecule has 0 saturated carbocycles. The summed E-state index contributed by atoms with van der Waals surface area (Å²) in [6.07, 6.45) is 1.28. The Morgan fingerprint density at radius 1 is 1.03 bits per heavy atom. The maximum Gasteiger partial charge on any atom is 0.419 e. The molecule has 0 bridgehead atoms. The third kappa shape index (κ3) is 4.52. The second-order valence-corrected chi connectivity index (χ2v) is 10.0. The highest BCUT2D eigenvalue weighted by Gasteiger charge is 2.29. The second-order valence-electron chi connectivity index (χ2n) is 8.15. The van der Waals surface area contributed by atoms with Gasteiger partial charge in [0.05, 0.1) is 16.5 Å². The molecule has 1 aliphatic rings. The molecule has 0 radical (unpaired) electrons. The number of ether oxygens (including phenoxy) is 2. The molecule has 0 amide bonds. The minimum absolute atomic E-state index is 0.109. The van der Waals surface area contributed by atoms with E-state index in [4.69, 9.17) is 9.47 Å². The molecule has 0 atom stereocenters. The average Bonchev–Trinajstić information content (AvgIpc) is 3.42. The van der Waals surface area contributed by atoms with Crippen molar-refractivity contribution >= 4 is 26.8 Å². The van der Waals surface area contributed by atoms with E-state index in [2.05, 4.69) is 4.90 Å². The smallest absolute Gasteiger partial charge is 0.419 e. The van der Waals surface area contributed by atoms with Gasteiger partial charge in [-0.1, -0.05) is 24.3 Å². The average molecular weight is 457 g/mol. The summed E-state index contributed by atoms with van der Waals surface area (Å²) < 4.78 is 39.4. The van der Waals surface area contributed by atoms with Crippen molar-refractivity contribution in [1.82, 2.24) is 9.47 Å². The van der Waals surface area contributed by atoms with Gasteiger partial charge in [0.15, 0.2) is 5.03 Å². The van der Waals surface area contributed by atoms with Gasteiger partial charge in [0, 0.05) is 11.9 Å². The minimum Gasteiger partial charge on any atom is -0.492 e. The zero-order valence-electron chi connectivity index (χ0n) is 18.4. The molecule has 0 unspecified atom stereocenters. The normalized spacial score (nSPS) is 14.8. The first-order valence-corrected chi connectivity index (χ1v) is 12.4. The molecule has 7 nitrogen and oxygen atoms in total. The van der Waals surface area contributed by atoms with Crippen molar-refractivity contribution in [2.24, 2.45) is 0 Å². The van der Waals surface area contributed by atoms with Gasteiger partial charge in [0.2, 0.25) is 9.84 Å². The lowest BCUT2D eigenvalue weighted by Crippen LogP contribution is -2.25. The number of hydrogen-bond acceptors (Lipinski definition) is 6. The van der Waals surface area contributed by atoms with E-state index in [1.165, 1.54) is 31.0 Å². The highest BCUT2D eigenvalue weighted by Crippen LogP contribution is 2.33. The molecule has 170 valence electrons. The second kappa shape index (κ2) is 9.34. The largest absolute Gasteiger partial charge is 0.492 e. The van der Waals surface area contributed by atoms with Gasteiger partial charge in [-0.25, -0.2) is 17.8 Å². The van der Waals surface area contributed by atoms with Crippen LogP contribution in [0.5, 0.6) is 5.75 Å². The monoisotopic (exact) mass is 456 g/mol. The number of benzene rings is 2. The van der Waals surface area contributed by atoms with Crippen molar-refractivity contribution < 1.29 is 22.7 Å². The number of carbonyl (C=O) groups is 1. The first-order chi connectivity index (χ1) is 15.4. The molecule has 8 heteroatoms. The van der Waals surface area contributed by atoms with E-state index >= 15 is 0 Å². The highest BCUT2D eigenvalue weighted by atomic mass is 32.2. The van der Waals surface area contributed by atoms with Crippen molar-refractivity contribution in [1.29, 1.82) is 0 Å². The topological polar surface area (TPSA) is 77.8 Å². The number of nitrogens with zero attached hydrogens (tertiary/aromatic N) is 2. The standard InChI is InChI=1S/C24H28N2O5S/c1-18(2)31-24(27)26-21-11-8-12-22(30-16-15-25-13-6-7-14-25)20(21)17-23(26)32(28,29)19-9-4-3-5-10-19/h3-5,8-12,17-18H,6-7,13-16H2,1-2H3. The first kappa shape index (κ1) is 22.4. The van der Waals surface area contributed by atoms with Gasteiger partial charge in [0.25, 0.3) is 0 Å². The number of fused-ring (bicyclic) bond motifs is 1. The molecule has 2 heterocycles. The Morgan fingerprint density at radius 2 is 1.75 bits per heavy atom. The summed E-state index contributed by atoms with van der Waals surface area (Å²) in [7, 11) is -3.96. The van der Waals surface area contributed by atoms with E-state index in [9.17, 15) is 13.2 Å². The van der Waals surface area contributed by atoms with Crippen LogP contribution in [0.25, 0.3) is 10.9 Å². The van der Waals surface area contributed by atoms with E-state index in [1.54, 1.807) is 50.2 Å². The molecule has 2 aromatic carbocycles. The molecule has 1 aromatic heterocycles. The van der Waals surface area contributed by atoms with E-state index < -0.39 is 22.0 Å². The van der Waals surface area contributed by atoms with Gasteiger partial charge in [-0.05, 0) is 70.1 Å². The van der Waals surface area contributed by atoms with Crippen LogP contribution in [0.15, 0.2) is 64.5 Å². The zero-order valence-corrected chi connectivity index (χ0v) is 19.2. The van der Waals surface area contributed by atoms with Gasteiger partial charge in [-0.3, -0.25) is 4.90 Å². The van der Waals surface area contributed by atoms with Crippen LogP contribution in [-0.4, -0.2) is 56.3 Å². The van der Waals surface area contributed by atoms with Crippen LogP contribution >= 0.6 is 0 Å². The lowest BCUT2D eigenvalue weighted by atomic mass is 10.2.